The van der Waals surface area contributed by atoms with Crippen molar-refractivity contribution in [3.8, 4) is 0 Å². The van der Waals surface area contributed by atoms with Gasteiger partial charge < -0.3 is 20.5 Å². The molecule has 6 heteroatoms. The summed E-state index contributed by atoms with van der Waals surface area (Å²) in [5.74, 6) is 1.10. The van der Waals surface area contributed by atoms with Crippen LogP contribution in [0.3, 0.4) is 0 Å². The van der Waals surface area contributed by atoms with Crippen LogP contribution in [0.15, 0.2) is 65.6 Å². The lowest BCUT2D eigenvalue weighted by Gasteiger charge is -2.24. The van der Waals surface area contributed by atoms with Crippen LogP contribution in [0.4, 0.5) is 4.79 Å². The zero-order valence-corrected chi connectivity index (χ0v) is 18.0. The number of hydrogen-bond donors (Lipinski definition) is 3. The average molecular weight is 417 g/mol. The van der Waals surface area contributed by atoms with E-state index in [0.29, 0.717) is 18.2 Å². The first-order valence-corrected chi connectivity index (χ1v) is 11.1. The molecule has 0 aliphatic carbocycles. The number of aliphatic hydroxyl groups excluding tert-OH is 1. The Balaban J connectivity index is 1.88. The van der Waals surface area contributed by atoms with Crippen molar-refractivity contribution in [2.24, 2.45) is 5.92 Å². The molecule has 0 fully saturated rings. The molecule has 0 aromatic heterocycles. The minimum absolute atomic E-state index is 0.202. The first kappa shape index (κ1) is 23.3. The molecule has 0 aliphatic heterocycles. The van der Waals surface area contributed by atoms with Crippen LogP contribution in [0, 0.1) is 5.92 Å². The largest absolute Gasteiger partial charge is 0.445 e. The summed E-state index contributed by atoms with van der Waals surface area (Å²) in [6.07, 6.45) is -0.145. The second kappa shape index (κ2) is 13.2. The van der Waals surface area contributed by atoms with Crippen molar-refractivity contribution in [2.45, 2.75) is 43.9 Å². The molecule has 3 unspecified atom stereocenters. The molecule has 0 saturated heterocycles. The molecule has 2 aromatic rings. The maximum atomic E-state index is 12.3. The van der Waals surface area contributed by atoms with Crippen LogP contribution < -0.4 is 10.6 Å². The number of amides is 1. The summed E-state index contributed by atoms with van der Waals surface area (Å²) in [7, 11) is 0. The average Bonchev–Trinajstić information content (AvgIpc) is 2.76. The quantitative estimate of drug-likeness (QED) is 0.455. The Morgan fingerprint density at radius 1 is 1.07 bits per heavy atom. The smallest absolute Gasteiger partial charge is 0.407 e. The van der Waals surface area contributed by atoms with Gasteiger partial charge in [0.15, 0.2) is 0 Å². The van der Waals surface area contributed by atoms with Crippen LogP contribution in [0.25, 0.3) is 0 Å². The monoisotopic (exact) mass is 416 g/mol. The third-order valence-corrected chi connectivity index (χ3v) is 5.83. The highest BCUT2D eigenvalue weighted by atomic mass is 32.2. The molecular weight excluding hydrogens is 384 g/mol. The van der Waals surface area contributed by atoms with Gasteiger partial charge in [-0.3, -0.25) is 0 Å². The Kier molecular flexibility index (Phi) is 10.6. The van der Waals surface area contributed by atoms with Crippen LogP contribution >= 0.6 is 11.8 Å². The van der Waals surface area contributed by atoms with Crippen molar-refractivity contribution in [1.29, 1.82) is 0 Å². The summed E-state index contributed by atoms with van der Waals surface area (Å²) in [6.45, 7) is 5.77. The second-order valence-electron chi connectivity index (χ2n) is 7.18. The lowest BCUT2D eigenvalue weighted by molar-refractivity contribution is 0.106. The van der Waals surface area contributed by atoms with Crippen LogP contribution in [0.5, 0.6) is 0 Å². The molecule has 3 atom stereocenters. The molecule has 158 valence electrons. The van der Waals surface area contributed by atoms with E-state index >= 15 is 0 Å². The molecule has 1 amide bonds. The number of nitrogens with one attached hydrogen (secondary N) is 2. The Hall–Kier alpha value is -2.02. The van der Waals surface area contributed by atoms with E-state index in [-0.39, 0.29) is 6.61 Å². The maximum absolute atomic E-state index is 12.3. The lowest BCUT2D eigenvalue weighted by atomic mass is 10.1. The number of alkyl carbamates (subject to hydrolysis) is 1. The molecule has 0 heterocycles. The number of aliphatic hydroxyl groups is 1. The highest BCUT2D eigenvalue weighted by Crippen LogP contribution is 2.19. The Bertz CT molecular complexity index is 700. The Labute approximate surface area is 178 Å². The van der Waals surface area contributed by atoms with E-state index in [0.717, 1.165) is 23.4 Å². The van der Waals surface area contributed by atoms with Crippen molar-refractivity contribution in [3.63, 3.8) is 0 Å². The molecule has 0 bridgehead atoms. The molecule has 2 aromatic carbocycles. The van der Waals surface area contributed by atoms with Crippen molar-refractivity contribution < 1.29 is 14.6 Å². The van der Waals surface area contributed by atoms with Crippen LogP contribution in [0.2, 0.25) is 0 Å². The van der Waals surface area contributed by atoms with E-state index in [1.807, 2.05) is 60.7 Å². The van der Waals surface area contributed by atoms with Crippen LogP contribution in [-0.2, 0) is 11.3 Å². The summed E-state index contributed by atoms with van der Waals surface area (Å²) in [5.41, 5.74) is 0.925. The standard InChI is InChI=1S/C23H32N2O3S/c1-3-18(2)14-24-15-22(26)21(17-29-20-12-8-5-9-13-20)25-23(27)28-16-19-10-6-4-7-11-19/h4-13,18,21-22,24,26H,3,14-17H2,1-2H3,(H,25,27). The third-order valence-electron chi connectivity index (χ3n) is 4.70. The van der Waals surface area contributed by atoms with Gasteiger partial charge in [-0.2, -0.15) is 0 Å². The van der Waals surface area contributed by atoms with E-state index < -0.39 is 18.2 Å². The number of hydrogen-bond acceptors (Lipinski definition) is 5. The molecule has 3 N–H and O–H groups in total. The highest BCUT2D eigenvalue weighted by Gasteiger charge is 2.22. The zero-order valence-electron chi connectivity index (χ0n) is 17.2. The fraction of sp³-hybridized carbons (Fsp3) is 0.435. The molecular formula is C23H32N2O3S. The first-order chi connectivity index (χ1) is 14.1. The molecule has 0 spiro atoms. The normalized spacial score (nSPS) is 14.0. The highest BCUT2D eigenvalue weighted by molar-refractivity contribution is 7.99. The van der Waals surface area contributed by atoms with Gasteiger partial charge >= 0.3 is 6.09 Å². The Morgan fingerprint density at radius 2 is 1.72 bits per heavy atom. The molecule has 29 heavy (non-hydrogen) atoms. The Morgan fingerprint density at radius 3 is 2.38 bits per heavy atom. The van der Waals surface area contributed by atoms with Gasteiger partial charge in [0.05, 0.1) is 12.1 Å². The lowest BCUT2D eigenvalue weighted by Crippen LogP contribution is -2.49. The van der Waals surface area contributed by atoms with Gasteiger partial charge in [-0.1, -0.05) is 68.8 Å². The molecule has 2 rings (SSSR count). The summed E-state index contributed by atoms with van der Waals surface area (Å²) >= 11 is 1.60. The van der Waals surface area contributed by atoms with Crippen LogP contribution in [0.1, 0.15) is 25.8 Å². The number of thioether (sulfide) groups is 1. The van der Waals surface area contributed by atoms with Gasteiger partial charge in [0.1, 0.15) is 6.61 Å². The van der Waals surface area contributed by atoms with E-state index in [2.05, 4.69) is 24.5 Å². The summed E-state index contributed by atoms with van der Waals surface area (Å²) in [5, 5.41) is 16.8. The number of carbonyl (C=O) groups is 1. The van der Waals surface area contributed by atoms with Gasteiger partial charge in [-0.25, -0.2) is 4.79 Å². The molecule has 0 aliphatic rings. The fourth-order valence-electron chi connectivity index (χ4n) is 2.63. The zero-order chi connectivity index (χ0) is 20.9. The van der Waals surface area contributed by atoms with Gasteiger partial charge in [0, 0.05) is 17.2 Å². The number of ether oxygens (including phenoxy) is 1. The number of carbonyl (C=O) groups excluding carboxylic acids is 1. The number of benzene rings is 2. The van der Waals surface area contributed by atoms with Crippen molar-refractivity contribution in [1.82, 2.24) is 10.6 Å². The minimum atomic E-state index is -0.709. The predicted octanol–water partition coefficient (Wildman–Crippen LogP) is 4.07. The second-order valence-corrected chi connectivity index (χ2v) is 8.27. The van der Waals surface area contributed by atoms with E-state index in [9.17, 15) is 9.90 Å². The summed E-state index contributed by atoms with van der Waals surface area (Å²) in [6, 6.07) is 19.1. The number of rotatable bonds is 12. The maximum Gasteiger partial charge on any atom is 0.407 e. The summed E-state index contributed by atoms with van der Waals surface area (Å²) in [4.78, 5) is 13.4. The fourth-order valence-corrected chi connectivity index (χ4v) is 3.66. The summed E-state index contributed by atoms with van der Waals surface area (Å²) < 4.78 is 5.33. The van der Waals surface area contributed by atoms with Crippen LogP contribution in [-0.4, -0.2) is 42.2 Å². The van der Waals surface area contributed by atoms with Crippen molar-refractivity contribution >= 4 is 17.9 Å². The minimum Gasteiger partial charge on any atom is -0.445 e. The van der Waals surface area contributed by atoms with Crippen molar-refractivity contribution in [3.05, 3.63) is 66.2 Å². The van der Waals surface area contributed by atoms with E-state index in [1.165, 1.54) is 0 Å². The van der Waals surface area contributed by atoms with Gasteiger partial charge in [0.25, 0.3) is 0 Å². The molecule has 0 saturated carbocycles. The SMILES string of the molecule is CCC(C)CNCC(O)C(CSc1ccccc1)NC(=O)OCc1ccccc1. The topological polar surface area (TPSA) is 70.6 Å². The first-order valence-electron chi connectivity index (χ1n) is 10.1. The molecule has 5 nitrogen and oxygen atoms in total. The van der Waals surface area contributed by atoms with Gasteiger partial charge in [-0.15, -0.1) is 11.8 Å². The van der Waals surface area contributed by atoms with E-state index in [1.54, 1.807) is 11.8 Å². The van der Waals surface area contributed by atoms with Crippen molar-refractivity contribution in [2.75, 3.05) is 18.8 Å². The van der Waals surface area contributed by atoms with Gasteiger partial charge in [-0.05, 0) is 30.2 Å². The third kappa shape index (κ3) is 9.35. The van der Waals surface area contributed by atoms with Gasteiger partial charge in [0.2, 0.25) is 0 Å². The predicted molar refractivity (Wildman–Crippen MR) is 119 cm³/mol. The molecule has 0 radical (unpaired) electrons. The van der Waals surface area contributed by atoms with E-state index in [4.69, 9.17) is 4.74 Å².